The van der Waals surface area contributed by atoms with Crippen molar-refractivity contribution >= 4 is 50.3 Å². The molecule has 2 unspecified atom stereocenters. The molecule has 0 bridgehead atoms. The fraction of sp³-hybridized carbons (Fsp3) is 0.947. The van der Waals surface area contributed by atoms with E-state index >= 15 is 0 Å². The second kappa shape index (κ2) is 10.7. The van der Waals surface area contributed by atoms with Gasteiger partial charge in [-0.25, -0.2) is 4.79 Å². The van der Waals surface area contributed by atoms with Crippen molar-refractivity contribution in [3.05, 3.63) is 0 Å². The maximum Gasteiger partial charge on any atom is 0.367 e. The van der Waals surface area contributed by atoms with Crippen molar-refractivity contribution in [3.8, 4) is 0 Å². The molecule has 0 aromatic carbocycles. The molecule has 173 valence electrons. The third kappa shape index (κ3) is 5.06. The Balaban J connectivity index is 2.55. The highest BCUT2D eigenvalue weighted by atomic mass is 32.2. The van der Waals surface area contributed by atoms with Gasteiger partial charge in [0.25, 0.3) is 0 Å². The van der Waals surface area contributed by atoms with Crippen LogP contribution >= 0.6 is 20.9 Å². The van der Waals surface area contributed by atoms with E-state index in [1.165, 1.54) is 0 Å². The van der Waals surface area contributed by atoms with Crippen LogP contribution in [-0.2, 0) is 22.4 Å². The minimum atomic E-state index is -2.77. The zero-order valence-electron chi connectivity index (χ0n) is 19.8. The Morgan fingerprint density at radius 2 is 1.57 bits per heavy atom. The molecule has 2 saturated heterocycles. The molecular weight excluding hydrogens is 454 g/mol. The predicted octanol–water partition coefficient (Wildman–Crippen LogP) is 5.03. The number of ether oxygens (including phenoxy) is 2. The first-order valence-electron chi connectivity index (χ1n) is 10.9. The fourth-order valence-corrected chi connectivity index (χ4v) is 16.3. The summed E-state index contributed by atoms with van der Waals surface area (Å²) >= 11 is 1.06. The lowest BCUT2D eigenvalue weighted by Gasteiger charge is -2.51. The first kappa shape index (κ1) is 26.8. The van der Waals surface area contributed by atoms with Gasteiger partial charge in [-0.1, -0.05) is 55.4 Å². The lowest BCUT2D eigenvalue weighted by atomic mass is 9.91. The fourth-order valence-electron chi connectivity index (χ4n) is 4.62. The molecule has 5 atom stereocenters. The maximum absolute atomic E-state index is 12.1. The topological polar surface area (TPSA) is 63.2 Å². The molecule has 2 fully saturated rings. The molecule has 30 heavy (non-hydrogen) atoms. The Labute approximate surface area is 192 Å². The average Bonchev–Trinajstić information content (AvgIpc) is 2.96. The Bertz CT molecular complexity index is 581. The van der Waals surface area contributed by atoms with Crippen LogP contribution in [0.5, 0.6) is 0 Å². The predicted molar refractivity (Wildman–Crippen MR) is 132 cm³/mol. The highest BCUT2D eigenvalue weighted by Crippen LogP contribution is 2.47. The van der Waals surface area contributed by atoms with E-state index < -0.39 is 29.3 Å². The molecule has 0 saturated carbocycles. The highest BCUT2D eigenvalue weighted by molar-refractivity contribution is 8.12. The lowest BCUT2D eigenvalue weighted by Crippen LogP contribution is -2.66. The van der Waals surface area contributed by atoms with E-state index in [1.807, 2.05) is 7.00 Å². The Morgan fingerprint density at radius 1 is 1.03 bits per heavy atom. The van der Waals surface area contributed by atoms with Crippen molar-refractivity contribution in [1.82, 2.24) is 0 Å². The monoisotopic (exact) mass is 493 g/mol. The number of rotatable bonds is 6. The van der Waals surface area contributed by atoms with Gasteiger partial charge in [-0.05, 0) is 40.2 Å². The molecule has 0 N–H and O–H groups in total. The smallest absolute Gasteiger partial charge is 0.367 e. The van der Waals surface area contributed by atoms with Crippen molar-refractivity contribution < 1.29 is 27.2 Å². The summed E-state index contributed by atoms with van der Waals surface area (Å²) in [6.07, 6.45) is 0.485. The highest BCUT2D eigenvalue weighted by Gasteiger charge is 2.62. The van der Waals surface area contributed by atoms with Crippen LogP contribution in [0.15, 0.2) is 0 Å². The standard InChI is InChI=1S/C19H39BO6PSSi2/c1-11(2)29(12(3)4)22-10-15-16(25-30(26-29,13(5)6)14(7)8)17(18(20-27)23-15)24-19(21)28-9/h11-18H,10,27H2,1-9H3/t15-,16?,17+,18-/m1/s1. The van der Waals surface area contributed by atoms with Crippen LogP contribution in [0.4, 0.5) is 4.79 Å². The summed E-state index contributed by atoms with van der Waals surface area (Å²) in [4.78, 5) is 12.1. The van der Waals surface area contributed by atoms with Crippen LogP contribution in [0, 0.1) is 0 Å². The largest absolute Gasteiger partial charge is 0.449 e. The van der Waals surface area contributed by atoms with Crippen LogP contribution in [0.2, 0.25) is 22.2 Å². The van der Waals surface area contributed by atoms with Crippen LogP contribution in [-0.4, -0.2) is 66.6 Å². The normalized spacial score (nSPS) is 31.0. The van der Waals surface area contributed by atoms with Gasteiger partial charge >= 0.3 is 22.4 Å². The van der Waals surface area contributed by atoms with Gasteiger partial charge in [0.05, 0.1) is 12.6 Å². The summed E-state index contributed by atoms with van der Waals surface area (Å²) in [6, 6.07) is -0.358. The summed E-state index contributed by atoms with van der Waals surface area (Å²) in [7, 11) is -2.80. The van der Waals surface area contributed by atoms with E-state index in [2.05, 4.69) is 64.5 Å². The molecule has 2 heterocycles. The quantitative estimate of drug-likeness (QED) is 0.292. The third-order valence-corrected chi connectivity index (χ3v) is 17.3. The van der Waals surface area contributed by atoms with Gasteiger partial charge in [-0.15, -0.1) is 0 Å². The molecule has 0 aromatic rings. The third-order valence-electron chi connectivity index (χ3n) is 6.27. The van der Waals surface area contributed by atoms with E-state index in [9.17, 15) is 4.79 Å². The van der Waals surface area contributed by atoms with E-state index in [0.717, 1.165) is 11.8 Å². The number of thioether (sulfide) groups is 1. The Morgan fingerprint density at radius 3 is 2.00 bits per heavy atom. The van der Waals surface area contributed by atoms with Gasteiger partial charge in [-0.2, -0.15) is 9.12 Å². The lowest BCUT2D eigenvalue weighted by molar-refractivity contribution is -0.0321. The van der Waals surface area contributed by atoms with Crippen molar-refractivity contribution in [2.45, 2.75) is 102 Å². The molecule has 2 aliphatic rings. The van der Waals surface area contributed by atoms with E-state index in [0.29, 0.717) is 6.61 Å². The van der Waals surface area contributed by atoms with Crippen molar-refractivity contribution in [1.29, 1.82) is 0 Å². The van der Waals surface area contributed by atoms with E-state index in [4.69, 9.17) is 22.4 Å². The van der Waals surface area contributed by atoms with Crippen LogP contribution in [0.25, 0.3) is 0 Å². The first-order chi connectivity index (χ1) is 13.9. The SMILES string of the molecule is CSC(=O)O[C@H]1C2O[Si](C(C)C)(C(C)C)O[Si](C(C)C)(C(C)C)OC[C@H]2O[C@H]1[B]P. The van der Waals surface area contributed by atoms with Gasteiger partial charge in [0, 0.05) is 0 Å². The summed E-state index contributed by atoms with van der Waals surface area (Å²) in [5.74, 6) is 0. The molecule has 11 heteroatoms. The molecule has 0 amide bonds. The molecule has 0 aliphatic carbocycles. The molecule has 2 aliphatic heterocycles. The second-order valence-corrected chi connectivity index (χ2v) is 19.4. The number of hydrogen-bond acceptors (Lipinski definition) is 7. The van der Waals surface area contributed by atoms with Gasteiger partial charge < -0.3 is 22.4 Å². The van der Waals surface area contributed by atoms with Crippen molar-refractivity contribution in [3.63, 3.8) is 0 Å². The van der Waals surface area contributed by atoms with Crippen LogP contribution < -0.4 is 0 Å². The van der Waals surface area contributed by atoms with E-state index in [1.54, 1.807) is 6.26 Å². The van der Waals surface area contributed by atoms with Gasteiger partial charge in [0.1, 0.15) is 18.3 Å². The van der Waals surface area contributed by atoms with Crippen LogP contribution in [0.1, 0.15) is 55.4 Å². The molecule has 1 radical (unpaired) electrons. The minimum Gasteiger partial charge on any atom is -0.449 e. The summed E-state index contributed by atoms with van der Waals surface area (Å²) < 4.78 is 33.0. The van der Waals surface area contributed by atoms with Gasteiger partial charge in [0.15, 0.2) is 7.00 Å². The van der Waals surface area contributed by atoms with E-state index in [-0.39, 0.29) is 39.6 Å². The van der Waals surface area contributed by atoms with Gasteiger partial charge in [0.2, 0.25) is 0 Å². The Hall–Kier alpha value is 0.589. The summed E-state index contributed by atoms with van der Waals surface area (Å²) in [5, 5.41) is -0.331. The summed E-state index contributed by atoms with van der Waals surface area (Å²) in [5.41, 5.74) is 0.968. The van der Waals surface area contributed by atoms with Crippen LogP contribution in [0.3, 0.4) is 0 Å². The minimum absolute atomic E-state index is 0.208. The van der Waals surface area contributed by atoms with Gasteiger partial charge in [-0.3, -0.25) is 0 Å². The first-order valence-corrected chi connectivity index (χ1v) is 16.8. The second-order valence-electron chi connectivity index (χ2n) is 9.43. The molecule has 2 rings (SSSR count). The molecule has 6 nitrogen and oxygen atoms in total. The molecule has 0 aromatic heterocycles. The van der Waals surface area contributed by atoms with Crippen molar-refractivity contribution in [2.24, 2.45) is 0 Å². The number of fused-ring (bicyclic) bond motifs is 1. The zero-order chi connectivity index (χ0) is 22.9. The number of carbonyl (C=O) groups is 1. The number of hydrogen-bond donors (Lipinski definition) is 0. The maximum atomic E-state index is 12.1. The Kier molecular flexibility index (Phi) is 9.55. The average molecular weight is 494 g/mol. The zero-order valence-corrected chi connectivity index (χ0v) is 23.8. The molecular formula is C19H39BO6PSSi2. The van der Waals surface area contributed by atoms with Crippen molar-refractivity contribution in [2.75, 3.05) is 12.9 Å². The summed E-state index contributed by atoms with van der Waals surface area (Å²) in [6.45, 7) is 19.8. The molecule has 0 spiro atoms. The number of carbonyl (C=O) groups excluding carboxylic acids is 1.